The van der Waals surface area contributed by atoms with Gasteiger partial charge in [-0.1, -0.05) is 0 Å². The van der Waals surface area contributed by atoms with E-state index >= 15 is 0 Å². The molecule has 0 unspecified atom stereocenters. The Morgan fingerprint density at radius 3 is 1.08 bits per heavy atom. The number of esters is 4. The third-order valence-corrected chi connectivity index (χ3v) is 19.8. The van der Waals surface area contributed by atoms with E-state index in [1.165, 1.54) is 37.5 Å². The molecule has 6 aliphatic rings. The molecule has 822 valence electrons. The third kappa shape index (κ3) is 35.6. The monoisotopic (exact) mass is 2210 g/mol. The van der Waals surface area contributed by atoms with Crippen molar-refractivity contribution in [2.24, 2.45) is 11.5 Å². The first-order valence-electron chi connectivity index (χ1n) is 41.7. The number of nitrogens with one attached hydrogen (secondary N) is 1. The number of halogens is 28. The first-order valence-corrected chi connectivity index (χ1v) is 41.7. The number of ether oxygens (including phenoxy) is 4. The largest absolute Gasteiger partial charge is 0.511 e. The van der Waals surface area contributed by atoms with Crippen LogP contribution in [0.3, 0.4) is 0 Å². The molecule has 9 aromatic rings. The molecular weight excluding hydrogens is 2120 g/mol. The van der Waals surface area contributed by atoms with Gasteiger partial charge in [0.25, 0.3) is 17.5 Å². The number of carbonyl (C=O) groups excluding carboxylic acids is 8. The standard InChI is InChI=1S/C16H15F6N5O.C16H13F6N5O.C16H12F6N4O2.C14H11F3O5.C8H5F3O2.C6H7F3N4.C6H8O4.C2H4O2.CH4O.ClH.H3N/c2*17-10-6-12(19)11(18)4-8(10)3-9(23)5-14(28)26-1-2-27-13(7-26)24-25-15(27)16(20,21)22;17-10-6-12(19)11(18)4-8(10)3-9(27)5-14(28)25-1-2-26-13(7-25)23-24-15(26)16(20,21)22;1-14(2)21-12(19)11(13(20)22-14)10(18)4-6-3-8(16)9(17)5-7(6)15;9-5-3-7(11)6(10)1-4(5)2-8(12)13;7-6(8,9)5-12-11-4-3-10-1-2-13(4)5;1-6(2)9-4(7)3-5(8)10-6;1-2(3)4;1-2;;/h4,6,9H,1-3,5,7,23H2;4-6H,1-3,7,23H2;4,6H,1-3,5,7H2;3,5,18H,4H2,1-2H3;1,3H,2H2,(H,12,13);10H,1-3H2;3H2,1-2H3;1H3,(H,3,4);2H,1H3;1H;1H3/b;9-5-;;;;;;;;;/t9-;;;;;;;;;;/m1........../s1. The van der Waals surface area contributed by atoms with E-state index in [1.54, 1.807) is 0 Å². The minimum Gasteiger partial charge on any atom is -0.511 e. The number of alkyl halides is 12. The molecule has 0 saturated carbocycles. The van der Waals surface area contributed by atoms with Crippen LogP contribution in [0.1, 0.15) is 128 Å². The lowest BCUT2D eigenvalue weighted by atomic mass is 10.0. The summed E-state index contributed by atoms with van der Waals surface area (Å²) in [6.45, 7) is 6.60. The van der Waals surface area contributed by atoms with Crippen LogP contribution in [-0.2, 0) is 176 Å². The molecule has 4 aromatic heterocycles. The number of nitrogens with two attached hydrogens (primary N) is 2. The van der Waals surface area contributed by atoms with E-state index < -0.39 is 260 Å². The van der Waals surface area contributed by atoms with Crippen LogP contribution in [0.4, 0.5) is 119 Å². The van der Waals surface area contributed by atoms with E-state index in [-0.39, 0.29) is 150 Å². The second kappa shape index (κ2) is 52.7. The predicted octanol–water partition coefficient (Wildman–Crippen LogP) is 11.3. The molecule has 1 atom stereocenters. The minimum absolute atomic E-state index is 0. The molecule has 65 heteroatoms. The lowest BCUT2D eigenvalue weighted by Crippen LogP contribution is -2.42. The van der Waals surface area contributed by atoms with Gasteiger partial charge in [-0.05, 0) is 59.0 Å². The van der Waals surface area contributed by atoms with Crippen LogP contribution in [0.5, 0.6) is 0 Å². The SMILES string of the molecule is CC(=O)O.CC1(C)OC(=O)C(=C(O)Cc2cc(F)c(F)cc2F)C(=O)O1.CC1(C)OC(=O)CC(=O)O1.CO.Cl.FC(F)(F)c1nnc2n1CCNC2.N.N/C(=C\C(=O)N1CCn2c(nnc2C(F)(F)F)C1)Cc1cc(F)c(F)cc1F.N[C@@H](CC(=O)N1CCn2c(nnc2C(F)(F)F)C1)Cc1cc(F)c(F)cc1F.O=C(CC(=O)N1CCn2c(nnc2C(F)(F)F)C1)Cc1cc(F)c(F)cc1F.O=C(O)Cc1cc(F)c(F)cc1F. The summed E-state index contributed by atoms with van der Waals surface area (Å²) in [6, 6.07) is 3.71. The zero-order valence-corrected chi connectivity index (χ0v) is 78.6. The van der Waals surface area contributed by atoms with E-state index in [1.807, 2.05) is 0 Å². The maximum absolute atomic E-state index is 13.7. The van der Waals surface area contributed by atoms with Crippen molar-refractivity contribution < 1.29 is 206 Å². The van der Waals surface area contributed by atoms with Crippen molar-refractivity contribution >= 4 is 71.7 Å². The quantitative estimate of drug-likeness (QED) is 0.00899. The lowest BCUT2D eigenvalue weighted by Gasteiger charge is -2.30. The summed E-state index contributed by atoms with van der Waals surface area (Å²) in [5.41, 5.74) is 8.93. The summed E-state index contributed by atoms with van der Waals surface area (Å²) in [5, 5.41) is 61.6. The van der Waals surface area contributed by atoms with Gasteiger partial charge in [-0.15, -0.1) is 53.2 Å². The summed E-state index contributed by atoms with van der Waals surface area (Å²) in [4.78, 5) is 116. The fourth-order valence-electron chi connectivity index (χ4n) is 13.4. The van der Waals surface area contributed by atoms with E-state index in [2.05, 4.69) is 55.6 Å². The Morgan fingerprint density at radius 1 is 0.420 bits per heavy atom. The normalized spacial score (nSPS) is 14.9. The summed E-state index contributed by atoms with van der Waals surface area (Å²) in [7, 11) is 1.00. The van der Waals surface area contributed by atoms with E-state index in [9.17, 15) is 167 Å². The van der Waals surface area contributed by atoms with Gasteiger partial charge in [0, 0.05) is 173 Å². The Bertz CT molecular complexity index is 6450. The second-order valence-corrected chi connectivity index (χ2v) is 32.0. The molecule has 2 fully saturated rings. The Morgan fingerprint density at radius 2 is 0.720 bits per heavy atom. The molecule has 12 N–H and O–H groups in total. The number of allylic oxidation sites excluding steroid dienone is 2. The highest BCUT2D eigenvalue weighted by atomic mass is 35.5. The van der Waals surface area contributed by atoms with Crippen molar-refractivity contribution in [3.63, 3.8) is 0 Å². The van der Waals surface area contributed by atoms with Crippen LogP contribution in [0.25, 0.3) is 0 Å². The summed E-state index contributed by atoms with van der Waals surface area (Å²) in [6.07, 6.45) is -21.2. The molecule has 0 spiro atoms. The topological polar surface area (TPSA) is 520 Å². The van der Waals surface area contributed by atoms with Gasteiger partial charge in [0.2, 0.25) is 41.0 Å². The number of carboxylic acid groups (broad SMARTS) is 2. The number of aromatic nitrogens is 12. The van der Waals surface area contributed by atoms with Crippen molar-refractivity contribution in [2.75, 3.05) is 33.3 Å². The van der Waals surface area contributed by atoms with Crippen LogP contribution in [-0.4, -0.2) is 204 Å². The second-order valence-electron chi connectivity index (χ2n) is 32.0. The maximum Gasteiger partial charge on any atom is 0.451 e. The molecule has 150 heavy (non-hydrogen) atoms. The number of aliphatic hydroxyl groups is 2. The van der Waals surface area contributed by atoms with Crippen LogP contribution in [0, 0.1) is 87.3 Å². The number of benzene rings is 5. The number of carbonyl (C=O) groups is 10. The molecule has 6 aliphatic heterocycles. The van der Waals surface area contributed by atoms with Gasteiger partial charge in [-0.25, -0.2) is 75.4 Å². The van der Waals surface area contributed by atoms with Crippen LogP contribution < -0.4 is 22.9 Å². The Kier molecular flexibility index (Phi) is 44.0. The number of ketones is 1. The Hall–Kier alpha value is -15.1. The van der Waals surface area contributed by atoms with Crippen molar-refractivity contribution in [1.82, 2.24) is 85.2 Å². The fraction of sp³-hybridized carbons (Fsp3) is 0.388. The molecule has 0 radical (unpaired) electrons. The van der Waals surface area contributed by atoms with Gasteiger partial charge < -0.3 is 95.3 Å². The first-order chi connectivity index (χ1) is 68.6. The number of hydrogen-bond donors (Lipinski definition) is 8. The van der Waals surface area contributed by atoms with Crippen molar-refractivity contribution in [3.05, 3.63) is 245 Å². The Balaban J connectivity index is 0.000000311. The molecule has 37 nitrogen and oxygen atoms in total. The van der Waals surface area contributed by atoms with Crippen molar-refractivity contribution in [3.8, 4) is 0 Å². The number of rotatable bonds is 15. The fourth-order valence-corrected chi connectivity index (χ4v) is 13.4. The lowest BCUT2D eigenvalue weighted by molar-refractivity contribution is -0.231. The van der Waals surface area contributed by atoms with Gasteiger partial charge in [-0.3, -0.25) is 38.4 Å². The number of cyclic esters (lactones) is 4. The van der Waals surface area contributed by atoms with Gasteiger partial charge in [-0.2, -0.15) is 52.7 Å². The van der Waals surface area contributed by atoms with Crippen LogP contribution >= 0.6 is 12.4 Å². The molecule has 15 rings (SSSR count). The highest BCUT2D eigenvalue weighted by Gasteiger charge is 2.46. The Labute approximate surface area is 830 Å². The van der Waals surface area contributed by atoms with Gasteiger partial charge in [0.05, 0.1) is 39.0 Å². The van der Waals surface area contributed by atoms with Gasteiger partial charge in [0.15, 0.2) is 81.2 Å². The van der Waals surface area contributed by atoms with E-state index in [0.717, 1.165) is 43.3 Å². The number of fused-ring (bicyclic) bond motifs is 4. The molecule has 3 amide bonds. The van der Waals surface area contributed by atoms with Crippen LogP contribution in [0.15, 0.2) is 83.8 Å². The number of hydrogen-bond acceptors (Lipinski definition) is 28. The highest BCUT2D eigenvalue weighted by molar-refractivity contribution is 6.15. The molecule has 5 aromatic carbocycles. The maximum atomic E-state index is 13.7. The highest BCUT2D eigenvalue weighted by Crippen LogP contribution is 2.36. The summed E-state index contributed by atoms with van der Waals surface area (Å²) < 4.78 is 371. The minimum atomic E-state index is -4.68. The summed E-state index contributed by atoms with van der Waals surface area (Å²) in [5.74, 6) is -34.1. The average Bonchev–Trinajstić information content (AvgIpc) is 1.28. The first kappa shape index (κ1) is 125. The predicted molar refractivity (Wildman–Crippen MR) is 451 cm³/mol. The van der Waals surface area contributed by atoms with Gasteiger partial charge in [0.1, 0.15) is 52.9 Å². The molecular formula is C85H83ClF27N19O18. The van der Waals surface area contributed by atoms with Crippen molar-refractivity contribution in [2.45, 2.75) is 181 Å². The smallest absolute Gasteiger partial charge is 0.451 e. The molecule has 2 saturated heterocycles. The number of nitrogens with zero attached hydrogens (tertiary/aromatic N) is 15. The van der Waals surface area contributed by atoms with E-state index in [4.69, 9.17) is 41.1 Å². The molecule has 10 heterocycles. The molecule has 0 aliphatic carbocycles. The number of carboxylic acids is 2. The number of Topliss-reactive ketones (excluding diaryl/α,β-unsaturated/α-hetero) is 1. The number of aliphatic hydroxyl groups excluding tert-OH is 2. The number of aliphatic carboxylic acids is 2. The third-order valence-electron chi connectivity index (χ3n) is 19.8. The molecule has 0 bridgehead atoms. The van der Waals surface area contributed by atoms with Gasteiger partial charge >= 0.3 is 54.6 Å². The van der Waals surface area contributed by atoms with Crippen LogP contribution in [0.2, 0.25) is 0 Å². The zero-order valence-electron chi connectivity index (χ0n) is 77.8. The summed E-state index contributed by atoms with van der Waals surface area (Å²) >= 11 is 0. The average molecular weight is 2210 g/mol. The number of amides is 3. The van der Waals surface area contributed by atoms with Crippen molar-refractivity contribution in [1.29, 1.82) is 0 Å². The zero-order chi connectivity index (χ0) is 111. The van der Waals surface area contributed by atoms with E-state index in [0.29, 0.717) is 79.6 Å².